The minimum Gasteiger partial charge on any atom is -0.497 e. The summed E-state index contributed by atoms with van der Waals surface area (Å²) in [5.74, 6) is 2.34. The zero-order chi connectivity index (χ0) is 18.7. The molecule has 0 bridgehead atoms. The molecule has 0 unspecified atom stereocenters. The monoisotopic (exact) mass is 378 g/mol. The number of piperidine rings is 1. The van der Waals surface area contributed by atoms with E-state index in [1.165, 1.54) is 0 Å². The average molecular weight is 378 g/mol. The van der Waals surface area contributed by atoms with Crippen LogP contribution in [0.5, 0.6) is 11.5 Å². The van der Waals surface area contributed by atoms with E-state index in [1.807, 2.05) is 28.5 Å². The number of hydrogen-bond donors (Lipinski definition) is 0. The molecule has 7 heteroatoms. The van der Waals surface area contributed by atoms with Gasteiger partial charge in [0.15, 0.2) is 0 Å². The highest BCUT2D eigenvalue weighted by Crippen LogP contribution is 2.44. The fourth-order valence-electron chi connectivity index (χ4n) is 3.73. The quantitative estimate of drug-likeness (QED) is 0.806. The Morgan fingerprint density at radius 2 is 1.69 bits per heavy atom. The number of benzene rings is 1. The van der Waals surface area contributed by atoms with Gasteiger partial charge in [-0.2, -0.15) is 0 Å². The second kappa shape index (κ2) is 7.78. The van der Waals surface area contributed by atoms with Crippen LogP contribution in [0.25, 0.3) is 0 Å². The topological polar surface area (TPSA) is 59.1 Å². The summed E-state index contributed by atoms with van der Waals surface area (Å²) < 4.78 is 10.6. The Bertz CT molecular complexity index is 664. The van der Waals surface area contributed by atoms with E-state index in [9.17, 15) is 9.59 Å². The van der Waals surface area contributed by atoms with Crippen molar-refractivity contribution in [2.24, 2.45) is 0 Å². The zero-order valence-electron chi connectivity index (χ0n) is 15.6. The van der Waals surface area contributed by atoms with Gasteiger partial charge < -0.3 is 19.3 Å². The van der Waals surface area contributed by atoms with Crippen LogP contribution in [0.3, 0.4) is 0 Å². The van der Waals surface area contributed by atoms with Crippen molar-refractivity contribution < 1.29 is 19.1 Å². The number of methoxy groups -OCH3 is 2. The van der Waals surface area contributed by atoms with Gasteiger partial charge in [0.05, 0.1) is 19.1 Å². The van der Waals surface area contributed by atoms with Crippen LogP contribution in [0, 0.1) is 0 Å². The molecule has 0 radical (unpaired) electrons. The Kier molecular flexibility index (Phi) is 5.65. The second-order valence-corrected chi connectivity index (χ2v) is 8.04. The summed E-state index contributed by atoms with van der Waals surface area (Å²) in [6, 6.07) is 5.29. The first-order chi connectivity index (χ1) is 12.5. The SMILES string of the molecule is CCC(=O)N1CCC2(CC1)SCCN2C(=O)c1cc(OC)cc(OC)c1. The Morgan fingerprint density at radius 1 is 1.08 bits per heavy atom. The molecule has 142 valence electrons. The van der Waals surface area contributed by atoms with Gasteiger partial charge in [-0.25, -0.2) is 0 Å². The molecule has 2 fully saturated rings. The van der Waals surface area contributed by atoms with E-state index in [2.05, 4.69) is 0 Å². The van der Waals surface area contributed by atoms with Crippen LogP contribution in [-0.4, -0.2) is 66.1 Å². The van der Waals surface area contributed by atoms with Crippen LogP contribution in [0.1, 0.15) is 36.5 Å². The highest BCUT2D eigenvalue weighted by atomic mass is 32.2. The van der Waals surface area contributed by atoms with E-state index in [-0.39, 0.29) is 16.7 Å². The normalized spacial score (nSPS) is 18.9. The summed E-state index contributed by atoms with van der Waals surface area (Å²) in [6.45, 7) is 4.05. The summed E-state index contributed by atoms with van der Waals surface area (Å²) in [5, 5.41) is 0. The molecule has 2 aliphatic rings. The Labute approximate surface area is 158 Å². The van der Waals surface area contributed by atoms with Gasteiger partial charge in [0, 0.05) is 43.4 Å². The number of carbonyl (C=O) groups is 2. The van der Waals surface area contributed by atoms with Gasteiger partial charge in [-0.15, -0.1) is 11.8 Å². The molecule has 26 heavy (non-hydrogen) atoms. The van der Waals surface area contributed by atoms with Gasteiger partial charge in [0.2, 0.25) is 5.91 Å². The van der Waals surface area contributed by atoms with Crippen LogP contribution >= 0.6 is 11.8 Å². The highest BCUT2D eigenvalue weighted by molar-refractivity contribution is 8.00. The standard InChI is InChI=1S/C19H26N2O4S/c1-4-17(22)20-7-5-19(6-8-20)21(9-10-26-19)18(23)14-11-15(24-2)13-16(12-14)25-3/h11-13H,4-10H2,1-3H3. The van der Waals surface area contributed by atoms with Crippen molar-refractivity contribution in [2.75, 3.05) is 39.6 Å². The molecule has 2 saturated heterocycles. The lowest BCUT2D eigenvalue weighted by Crippen LogP contribution is -2.53. The predicted octanol–water partition coefficient (Wildman–Crippen LogP) is 2.62. The molecule has 1 aromatic carbocycles. The lowest BCUT2D eigenvalue weighted by Gasteiger charge is -2.44. The molecule has 0 saturated carbocycles. The number of rotatable bonds is 4. The van der Waals surface area contributed by atoms with Gasteiger partial charge in [0.25, 0.3) is 5.91 Å². The molecule has 1 spiro atoms. The Balaban J connectivity index is 1.80. The Hall–Kier alpha value is -1.89. The lowest BCUT2D eigenvalue weighted by molar-refractivity contribution is -0.132. The number of ether oxygens (including phenoxy) is 2. The smallest absolute Gasteiger partial charge is 0.255 e. The van der Waals surface area contributed by atoms with E-state index >= 15 is 0 Å². The predicted molar refractivity (Wildman–Crippen MR) is 102 cm³/mol. The number of likely N-dealkylation sites (tertiary alicyclic amines) is 1. The first-order valence-electron chi connectivity index (χ1n) is 9.00. The summed E-state index contributed by atoms with van der Waals surface area (Å²) in [5.41, 5.74) is 0.579. The molecular formula is C19H26N2O4S. The van der Waals surface area contributed by atoms with Crippen LogP contribution in [0.2, 0.25) is 0 Å². The van der Waals surface area contributed by atoms with Crippen LogP contribution in [-0.2, 0) is 4.79 Å². The summed E-state index contributed by atoms with van der Waals surface area (Å²) >= 11 is 1.84. The van der Waals surface area contributed by atoms with Crippen LogP contribution in [0.4, 0.5) is 0 Å². The zero-order valence-corrected chi connectivity index (χ0v) is 16.4. The van der Waals surface area contributed by atoms with Crippen molar-refractivity contribution in [3.05, 3.63) is 23.8 Å². The molecular weight excluding hydrogens is 352 g/mol. The summed E-state index contributed by atoms with van der Waals surface area (Å²) in [6.07, 6.45) is 2.17. The molecule has 3 rings (SSSR count). The minimum absolute atomic E-state index is 0.00229. The molecule has 0 aliphatic carbocycles. The molecule has 0 N–H and O–H groups in total. The van der Waals surface area contributed by atoms with E-state index in [0.717, 1.165) is 25.1 Å². The third-order valence-corrected chi connectivity index (χ3v) is 6.77. The van der Waals surface area contributed by atoms with Gasteiger partial charge in [-0.1, -0.05) is 6.92 Å². The van der Waals surface area contributed by atoms with Gasteiger partial charge >= 0.3 is 0 Å². The summed E-state index contributed by atoms with van der Waals surface area (Å²) in [7, 11) is 3.16. The van der Waals surface area contributed by atoms with Crippen molar-refractivity contribution in [3.8, 4) is 11.5 Å². The molecule has 2 heterocycles. The minimum atomic E-state index is -0.210. The molecule has 0 atom stereocenters. The van der Waals surface area contributed by atoms with E-state index in [1.54, 1.807) is 32.4 Å². The average Bonchev–Trinajstić information content (AvgIpc) is 3.09. The molecule has 2 aliphatic heterocycles. The van der Waals surface area contributed by atoms with E-state index in [0.29, 0.717) is 36.6 Å². The van der Waals surface area contributed by atoms with Gasteiger partial charge in [-0.05, 0) is 25.0 Å². The molecule has 6 nitrogen and oxygen atoms in total. The number of hydrogen-bond acceptors (Lipinski definition) is 5. The fraction of sp³-hybridized carbons (Fsp3) is 0.579. The fourth-order valence-corrected chi connectivity index (χ4v) is 5.18. The van der Waals surface area contributed by atoms with Crippen molar-refractivity contribution in [1.82, 2.24) is 9.80 Å². The Morgan fingerprint density at radius 3 is 2.23 bits per heavy atom. The molecule has 1 aromatic rings. The number of carbonyl (C=O) groups excluding carboxylic acids is 2. The van der Waals surface area contributed by atoms with Crippen molar-refractivity contribution in [1.29, 1.82) is 0 Å². The van der Waals surface area contributed by atoms with Crippen molar-refractivity contribution in [2.45, 2.75) is 31.1 Å². The third kappa shape index (κ3) is 3.49. The van der Waals surface area contributed by atoms with Gasteiger partial charge in [0.1, 0.15) is 11.5 Å². The van der Waals surface area contributed by atoms with Crippen molar-refractivity contribution >= 4 is 23.6 Å². The van der Waals surface area contributed by atoms with Gasteiger partial charge in [-0.3, -0.25) is 9.59 Å². The lowest BCUT2D eigenvalue weighted by atomic mass is 10.0. The maximum absolute atomic E-state index is 13.2. The van der Waals surface area contributed by atoms with Crippen molar-refractivity contribution in [3.63, 3.8) is 0 Å². The maximum Gasteiger partial charge on any atom is 0.255 e. The number of thioether (sulfide) groups is 1. The van der Waals surface area contributed by atoms with Crippen LogP contribution in [0.15, 0.2) is 18.2 Å². The third-order valence-electron chi connectivity index (χ3n) is 5.22. The largest absolute Gasteiger partial charge is 0.497 e. The van der Waals surface area contributed by atoms with Crippen LogP contribution < -0.4 is 9.47 Å². The number of amides is 2. The second-order valence-electron chi connectivity index (χ2n) is 6.59. The highest BCUT2D eigenvalue weighted by Gasteiger charge is 2.47. The molecule has 2 amide bonds. The summed E-state index contributed by atoms with van der Waals surface area (Å²) in [4.78, 5) is 28.9. The first-order valence-corrected chi connectivity index (χ1v) is 9.98. The number of nitrogens with zero attached hydrogens (tertiary/aromatic N) is 2. The molecule has 0 aromatic heterocycles. The maximum atomic E-state index is 13.2. The first kappa shape index (κ1) is 18.9. The van der Waals surface area contributed by atoms with E-state index < -0.39 is 0 Å². The van der Waals surface area contributed by atoms with E-state index in [4.69, 9.17) is 9.47 Å².